The third-order valence-corrected chi connectivity index (χ3v) is 4.79. The van der Waals surface area contributed by atoms with Crippen molar-refractivity contribution in [2.24, 2.45) is 5.14 Å². The van der Waals surface area contributed by atoms with E-state index >= 15 is 0 Å². The van der Waals surface area contributed by atoms with E-state index in [9.17, 15) is 13.2 Å². The maximum absolute atomic E-state index is 12.5. The number of hydrogen-bond acceptors (Lipinski definition) is 5. The number of rotatable bonds is 6. The van der Waals surface area contributed by atoms with Crippen LogP contribution in [-0.4, -0.2) is 35.5 Å². The number of sulfonamides is 1. The Morgan fingerprint density at radius 3 is 2.50 bits per heavy atom. The van der Waals surface area contributed by atoms with E-state index in [1.54, 1.807) is 43.3 Å². The van der Waals surface area contributed by atoms with Crippen LogP contribution in [0.15, 0.2) is 41.3 Å². The highest BCUT2D eigenvalue weighted by Crippen LogP contribution is 2.28. The number of methoxy groups -OCH3 is 1. The van der Waals surface area contributed by atoms with Crippen LogP contribution in [0.5, 0.6) is 5.75 Å². The predicted molar refractivity (Wildman–Crippen MR) is 102 cm³/mol. The summed E-state index contributed by atoms with van der Waals surface area (Å²) in [7, 11) is 1.18. The van der Waals surface area contributed by atoms with Gasteiger partial charge in [-0.3, -0.25) is 4.79 Å². The van der Waals surface area contributed by atoms with Gasteiger partial charge in [-0.05, 0) is 36.4 Å². The molecule has 26 heavy (non-hydrogen) atoms. The van der Waals surface area contributed by atoms with Crippen molar-refractivity contribution in [3.05, 3.63) is 47.0 Å². The molecule has 3 N–H and O–H groups in total. The molecule has 1 amide bonds. The molecule has 140 valence electrons. The van der Waals surface area contributed by atoms with E-state index in [4.69, 9.17) is 21.5 Å². The van der Waals surface area contributed by atoms with E-state index < -0.39 is 10.0 Å². The molecule has 0 saturated heterocycles. The van der Waals surface area contributed by atoms with Crippen LogP contribution in [0.25, 0.3) is 0 Å². The number of primary sulfonamides is 1. The first-order valence-electron chi connectivity index (χ1n) is 7.58. The standard InChI is InChI=1S/C17H20ClN3O4S/c1-21(2)15-6-5-13(26(19,23)24)10-14(15)20-17(22)9-11-8-12(18)4-7-16(11)25-3/h4-8,10H,9H2,1-3H3,(H,20,22)(H2,19,23,24). The molecule has 0 bridgehead atoms. The maximum Gasteiger partial charge on any atom is 0.238 e. The van der Waals surface area contributed by atoms with Crippen molar-refractivity contribution in [2.45, 2.75) is 11.3 Å². The third-order valence-electron chi connectivity index (χ3n) is 3.65. The Bertz CT molecular complexity index is 930. The van der Waals surface area contributed by atoms with Gasteiger partial charge in [0.1, 0.15) is 5.75 Å². The van der Waals surface area contributed by atoms with Crippen molar-refractivity contribution in [1.29, 1.82) is 0 Å². The van der Waals surface area contributed by atoms with E-state index in [0.717, 1.165) is 0 Å². The van der Waals surface area contributed by atoms with Crippen LogP contribution in [0, 0.1) is 0 Å². The minimum atomic E-state index is -3.89. The van der Waals surface area contributed by atoms with Crippen LogP contribution in [0.4, 0.5) is 11.4 Å². The van der Waals surface area contributed by atoms with Gasteiger partial charge in [0.2, 0.25) is 15.9 Å². The van der Waals surface area contributed by atoms with Crippen molar-refractivity contribution in [1.82, 2.24) is 0 Å². The molecule has 0 aliphatic rings. The van der Waals surface area contributed by atoms with Crippen molar-refractivity contribution >= 4 is 38.9 Å². The summed E-state index contributed by atoms with van der Waals surface area (Å²) in [5, 5.41) is 8.38. The van der Waals surface area contributed by atoms with Gasteiger partial charge < -0.3 is 15.0 Å². The van der Waals surface area contributed by atoms with E-state index in [-0.39, 0.29) is 17.2 Å². The number of anilines is 2. The molecule has 0 atom stereocenters. The second-order valence-corrected chi connectivity index (χ2v) is 7.80. The second kappa shape index (κ2) is 7.94. The molecule has 2 aromatic rings. The molecule has 0 radical (unpaired) electrons. The summed E-state index contributed by atoms with van der Waals surface area (Å²) in [6, 6.07) is 9.29. The van der Waals surface area contributed by atoms with Gasteiger partial charge in [-0.2, -0.15) is 0 Å². The zero-order valence-corrected chi connectivity index (χ0v) is 16.2. The smallest absolute Gasteiger partial charge is 0.238 e. The quantitative estimate of drug-likeness (QED) is 0.778. The zero-order chi connectivity index (χ0) is 19.5. The van der Waals surface area contributed by atoms with Crippen LogP contribution in [0.3, 0.4) is 0 Å². The van der Waals surface area contributed by atoms with E-state index in [2.05, 4.69) is 5.32 Å². The Morgan fingerprint density at radius 2 is 1.92 bits per heavy atom. The maximum atomic E-state index is 12.5. The molecule has 0 fully saturated rings. The number of nitrogens with one attached hydrogen (secondary N) is 1. The minimum absolute atomic E-state index is 0.0101. The Hall–Kier alpha value is -2.29. The van der Waals surface area contributed by atoms with Crippen molar-refractivity contribution in [3.8, 4) is 5.75 Å². The molecule has 0 saturated carbocycles. The molecule has 0 heterocycles. The first kappa shape index (κ1) is 20.0. The molecular weight excluding hydrogens is 378 g/mol. The van der Waals surface area contributed by atoms with E-state index in [1.165, 1.54) is 19.2 Å². The fourth-order valence-electron chi connectivity index (χ4n) is 2.43. The lowest BCUT2D eigenvalue weighted by atomic mass is 10.1. The van der Waals surface area contributed by atoms with Gasteiger partial charge in [0, 0.05) is 24.7 Å². The van der Waals surface area contributed by atoms with Crippen molar-refractivity contribution in [2.75, 3.05) is 31.4 Å². The van der Waals surface area contributed by atoms with Crippen LogP contribution in [-0.2, 0) is 21.2 Å². The fourth-order valence-corrected chi connectivity index (χ4v) is 3.17. The predicted octanol–water partition coefficient (Wildman–Crippen LogP) is 2.24. The highest BCUT2D eigenvalue weighted by Gasteiger charge is 2.16. The van der Waals surface area contributed by atoms with Crippen LogP contribution < -0.4 is 20.1 Å². The van der Waals surface area contributed by atoms with Crippen LogP contribution in [0.2, 0.25) is 5.02 Å². The highest BCUT2D eigenvalue weighted by atomic mass is 35.5. The molecule has 0 unspecified atom stereocenters. The number of carbonyl (C=O) groups excluding carboxylic acids is 1. The number of carbonyl (C=O) groups is 1. The minimum Gasteiger partial charge on any atom is -0.496 e. The number of amides is 1. The summed E-state index contributed by atoms with van der Waals surface area (Å²) >= 11 is 5.98. The number of ether oxygens (including phenoxy) is 1. The lowest BCUT2D eigenvalue weighted by Crippen LogP contribution is -2.20. The molecule has 2 aromatic carbocycles. The van der Waals surface area contributed by atoms with Crippen LogP contribution in [0.1, 0.15) is 5.56 Å². The Kier molecular flexibility index (Phi) is 6.12. The summed E-state index contributed by atoms with van der Waals surface area (Å²) in [6.45, 7) is 0. The van der Waals surface area contributed by atoms with Gasteiger partial charge >= 0.3 is 0 Å². The SMILES string of the molecule is COc1ccc(Cl)cc1CC(=O)Nc1cc(S(N)(=O)=O)ccc1N(C)C. The number of benzene rings is 2. The van der Waals surface area contributed by atoms with Gasteiger partial charge in [0.05, 0.1) is 29.8 Å². The van der Waals surface area contributed by atoms with E-state index in [0.29, 0.717) is 27.7 Å². The molecule has 0 spiro atoms. The number of nitrogens with zero attached hydrogens (tertiary/aromatic N) is 1. The summed E-state index contributed by atoms with van der Waals surface area (Å²) < 4.78 is 28.4. The number of hydrogen-bond donors (Lipinski definition) is 2. The fraction of sp³-hybridized carbons (Fsp3) is 0.235. The molecule has 0 aliphatic carbocycles. The molecule has 9 heteroatoms. The number of nitrogens with two attached hydrogens (primary N) is 1. The lowest BCUT2D eigenvalue weighted by Gasteiger charge is -2.19. The molecule has 0 aliphatic heterocycles. The van der Waals surface area contributed by atoms with E-state index in [1.807, 2.05) is 0 Å². The topological polar surface area (TPSA) is 102 Å². The molecule has 0 aromatic heterocycles. The Labute approximate surface area is 157 Å². The largest absolute Gasteiger partial charge is 0.496 e. The second-order valence-electron chi connectivity index (χ2n) is 5.80. The first-order chi connectivity index (χ1) is 12.1. The molecule has 2 rings (SSSR count). The monoisotopic (exact) mass is 397 g/mol. The first-order valence-corrected chi connectivity index (χ1v) is 9.50. The average molecular weight is 398 g/mol. The summed E-state index contributed by atoms with van der Waals surface area (Å²) in [5.74, 6) is 0.191. The highest BCUT2D eigenvalue weighted by molar-refractivity contribution is 7.89. The van der Waals surface area contributed by atoms with Gasteiger partial charge in [-0.15, -0.1) is 0 Å². The zero-order valence-electron chi connectivity index (χ0n) is 14.6. The van der Waals surface area contributed by atoms with Gasteiger partial charge in [0.15, 0.2) is 0 Å². The van der Waals surface area contributed by atoms with Crippen molar-refractivity contribution < 1.29 is 17.9 Å². The molecule has 7 nitrogen and oxygen atoms in total. The normalized spacial score (nSPS) is 11.1. The summed E-state index contributed by atoms with van der Waals surface area (Å²) in [6.07, 6.45) is 0.0101. The van der Waals surface area contributed by atoms with Gasteiger partial charge in [0.25, 0.3) is 0 Å². The summed E-state index contributed by atoms with van der Waals surface area (Å²) in [4.78, 5) is 14.2. The Balaban J connectivity index is 2.32. The third kappa shape index (κ3) is 4.87. The Morgan fingerprint density at radius 1 is 1.23 bits per heavy atom. The number of halogens is 1. The lowest BCUT2D eigenvalue weighted by molar-refractivity contribution is -0.115. The van der Waals surface area contributed by atoms with Gasteiger partial charge in [-0.25, -0.2) is 13.6 Å². The van der Waals surface area contributed by atoms with Crippen molar-refractivity contribution in [3.63, 3.8) is 0 Å². The molecular formula is C17H20ClN3O4S. The average Bonchev–Trinajstić information content (AvgIpc) is 2.53. The summed E-state index contributed by atoms with van der Waals surface area (Å²) in [5.41, 5.74) is 1.60. The van der Waals surface area contributed by atoms with Crippen LogP contribution >= 0.6 is 11.6 Å². The van der Waals surface area contributed by atoms with Gasteiger partial charge in [-0.1, -0.05) is 11.6 Å².